The highest BCUT2D eigenvalue weighted by molar-refractivity contribution is 7.89. The molecule has 0 bridgehead atoms. The van der Waals surface area contributed by atoms with Gasteiger partial charge in [0.15, 0.2) is 5.76 Å². The number of benzene rings is 2. The van der Waals surface area contributed by atoms with Gasteiger partial charge in [-0.2, -0.15) is 0 Å². The van der Waals surface area contributed by atoms with Crippen molar-refractivity contribution in [2.24, 2.45) is 0 Å². The maximum atomic E-state index is 13.1. The van der Waals surface area contributed by atoms with Crippen LogP contribution in [0, 0.1) is 5.82 Å². The lowest BCUT2D eigenvalue weighted by atomic mass is 10.2. The standard InChI is InChI=1S/C21H22FN3O5S/c1-28-19-9-8-17(31(26,27)24-12-16-3-2-10-29-16)11-18(19)25-21-23-13-20(30-21)14-4-6-15(22)7-5-14/h4-9,11,13,16,24H,2-3,10,12H2,1H3,(H,23,25)/t16-/m0/s1. The minimum absolute atomic E-state index is 0.0686. The second kappa shape index (κ2) is 9.04. The number of sulfonamides is 1. The van der Waals surface area contributed by atoms with Crippen molar-refractivity contribution in [1.82, 2.24) is 9.71 Å². The average molecular weight is 447 g/mol. The molecule has 1 atom stereocenters. The van der Waals surface area contributed by atoms with Crippen LogP contribution >= 0.6 is 0 Å². The van der Waals surface area contributed by atoms with E-state index in [1.165, 1.54) is 37.6 Å². The third-order valence-corrected chi connectivity index (χ3v) is 6.30. The predicted octanol–water partition coefficient (Wildman–Crippen LogP) is 3.69. The molecule has 2 heterocycles. The van der Waals surface area contributed by atoms with Gasteiger partial charge in [-0.05, 0) is 55.3 Å². The van der Waals surface area contributed by atoms with Gasteiger partial charge in [-0.1, -0.05) is 0 Å². The Bertz CT molecular complexity index is 1140. The first-order chi connectivity index (χ1) is 14.9. The van der Waals surface area contributed by atoms with Crippen LogP contribution in [0.1, 0.15) is 12.8 Å². The van der Waals surface area contributed by atoms with Crippen molar-refractivity contribution in [1.29, 1.82) is 0 Å². The zero-order valence-corrected chi connectivity index (χ0v) is 17.6. The Morgan fingerprint density at radius 1 is 1.23 bits per heavy atom. The van der Waals surface area contributed by atoms with Gasteiger partial charge in [0.2, 0.25) is 10.0 Å². The van der Waals surface area contributed by atoms with Gasteiger partial charge in [0.05, 0.1) is 30.0 Å². The molecule has 0 radical (unpaired) electrons. The fourth-order valence-electron chi connectivity index (χ4n) is 3.24. The Morgan fingerprint density at radius 2 is 2.03 bits per heavy atom. The number of halogens is 1. The van der Waals surface area contributed by atoms with Crippen molar-refractivity contribution in [3.63, 3.8) is 0 Å². The first-order valence-corrected chi connectivity index (χ1v) is 11.2. The monoisotopic (exact) mass is 447 g/mol. The highest BCUT2D eigenvalue weighted by atomic mass is 32.2. The zero-order chi connectivity index (χ0) is 21.8. The van der Waals surface area contributed by atoms with Gasteiger partial charge in [-0.3, -0.25) is 0 Å². The molecule has 2 N–H and O–H groups in total. The van der Waals surface area contributed by atoms with E-state index in [4.69, 9.17) is 13.9 Å². The summed E-state index contributed by atoms with van der Waals surface area (Å²) in [5.74, 6) is 0.501. The van der Waals surface area contributed by atoms with Gasteiger partial charge < -0.3 is 19.2 Å². The van der Waals surface area contributed by atoms with Crippen molar-refractivity contribution >= 4 is 21.7 Å². The smallest absolute Gasteiger partial charge is 0.299 e. The number of nitrogens with one attached hydrogen (secondary N) is 2. The van der Waals surface area contributed by atoms with Gasteiger partial charge in [0.1, 0.15) is 11.6 Å². The van der Waals surface area contributed by atoms with E-state index in [-0.39, 0.29) is 29.4 Å². The predicted molar refractivity (Wildman–Crippen MR) is 112 cm³/mol. The van der Waals surface area contributed by atoms with Crippen molar-refractivity contribution in [2.75, 3.05) is 25.6 Å². The molecule has 10 heteroatoms. The zero-order valence-electron chi connectivity index (χ0n) is 16.8. The molecule has 8 nitrogen and oxygen atoms in total. The number of aromatic nitrogens is 1. The Kier molecular flexibility index (Phi) is 6.21. The van der Waals surface area contributed by atoms with Crippen LogP contribution < -0.4 is 14.8 Å². The summed E-state index contributed by atoms with van der Waals surface area (Å²) in [6, 6.07) is 10.4. The van der Waals surface area contributed by atoms with E-state index < -0.39 is 10.0 Å². The molecule has 1 aromatic heterocycles. The Balaban J connectivity index is 1.53. The molecule has 2 aromatic carbocycles. The second-order valence-corrected chi connectivity index (χ2v) is 8.78. The molecule has 0 spiro atoms. The summed E-state index contributed by atoms with van der Waals surface area (Å²) in [6.45, 7) is 0.872. The van der Waals surface area contributed by atoms with Crippen molar-refractivity contribution < 1.29 is 26.7 Å². The number of hydrogen-bond acceptors (Lipinski definition) is 7. The van der Waals surface area contributed by atoms with E-state index in [1.807, 2.05) is 0 Å². The normalized spacial score (nSPS) is 16.4. The largest absolute Gasteiger partial charge is 0.495 e. The molecular formula is C21H22FN3O5S. The number of ether oxygens (including phenoxy) is 2. The molecular weight excluding hydrogens is 425 g/mol. The highest BCUT2D eigenvalue weighted by Gasteiger charge is 2.21. The minimum atomic E-state index is -3.74. The minimum Gasteiger partial charge on any atom is -0.495 e. The van der Waals surface area contributed by atoms with Crippen LogP contribution in [0.15, 0.2) is 58.0 Å². The van der Waals surface area contributed by atoms with E-state index >= 15 is 0 Å². The van der Waals surface area contributed by atoms with Crippen LogP contribution in [0.2, 0.25) is 0 Å². The lowest BCUT2D eigenvalue weighted by molar-refractivity contribution is 0.114. The van der Waals surface area contributed by atoms with Crippen LogP contribution in [-0.4, -0.2) is 39.8 Å². The Labute approximate surface area is 179 Å². The first kappa shape index (κ1) is 21.3. The highest BCUT2D eigenvalue weighted by Crippen LogP contribution is 2.31. The van der Waals surface area contributed by atoms with Crippen LogP contribution in [-0.2, 0) is 14.8 Å². The van der Waals surface area contributed by atoms with Gasteiger partial charge in [-0.15, -0.1) is 0 Å². The summed E-state index contributed by atoms with van der Waals surface area (Å²) in [5, 5.41) is 2.94. The summed E-state index contributed by atoms with van der Waals surface area (Å²) in [7, 11) is -2.27. The van der Waals surface area contributed by atoms with E-state index in [2.05, 4.69) is 15.0 Å². The van der Waals surface area contributed by atoms with E-state index in [0.29, 0.717) is 29.4 Å². The van der Waals surface area contributed by atoms with Crippen LogP contribution in [0.25, 0.3) is 11.3 Å². The molecule has 3 aromatic rings. The Hall–Kier alpha value is -2.95. The number of methoxy groups -OCH3 is 1. The number of oxazole rings is 1. The van der Waals surface area contributed by atoms with Gasteiger partial charge in [-0.25, -0.2) is 22.5 Å². The SMILES string of the molecule is COc1ccc(S(=O)(=O)NC[C@@H]2CCCO2)cc1Nc1ncc(-c2ccc(F)cc2)o1. The summed E-state index contributed by atoms with van der Waals surface area (Å²) < 4.78 is 57.6. The molecule has 0 aliphatic carbocycles. The van der Waals surface area contributed by atoms with Gasteiger partial charge in [0, 0.05) is 18.7 Å². The summed E-state index contributed by atoms with van der Waals surface area (Å²) >= 11 is 0. The quantitative estimate of drug-likeness (QED) is 0.543. The fraction of sp³-hybridized carbons (Fsp3) is 0.286. The third kappa shape index (κ3) is 5.04. The molecule has 31 heavy (non-hydrogen) atoms. The number of rotatable bonds is 8. The van der Waals surface area contributed by atoms with E-state index in [0.717, 1.165) is 12.8 Å². The maximum absolute atomic E-state index is 13.1. The number of hydrogen-bond donors (Lipinski definition) is 2. The molecule has 4 rings (SSSR count). The van der Waals surface area contributed by atoms with E-state index in [1.54, 1.807) is 18.2 Å². The molecule has 1 fully saturated rings. The molecule has 0 saturated carbocycles. The van der Waals surface area contributed by atoms with Gasteiger partial charge >= 0.3 is 0 Å². The lowest BCUT2D eigenvalue weighted by Crippen LogP contribution is -2.31. The van der Waals surface area contributed by atoms with Crippen molar-refractivity contribution in [3.8, 4) is 17.1 Å². The topological polar surface area (TPSA) is 103 Å². The summed E-state index contributed by atoms with van der Waals surface area (Å²) in [6.07, 6.45) is 3.14. The molecule has 1 saturated heterocycles. The van der Waals surface area contributed by atoms with Crippen molar-refractivity contribution in [3.05, 3.63) is 54.5 Å². The number of anilines is 2. The van der Waals surface area contributed by atoms with E-state index in [9.17, 15) is 12.8 Å². The molecule has 0 amide bonds. The van der Waals surface area contributed by atoms with Crippen LogP contribution in [0.5, 0.6) is 5.75 Å². The maximum Gasteiger partial charge on any atom is 0.299 e. The summed E-state index contributed by atoms with van der Waals surface area (Å²) in [4.78, 5) is 4.23. The Morgan fingerprint density at radius 3 is 2.74 bits per heavy atom. The third-order valence-electron chi connectivity index (χ3n) is 4.88. The van der Waals surface area contributed by atoms with Gasteiger partial charge in [0.25, 0.3) is 6.01 Å². The molecule has 1 aliphatic rings. The molecule has 164 valence electrons. The number of nitrogens with zero attached hydrogens (tertiary/aromatic N) is 1. The van der Waals surface area contributed by atoms with Crippen LogP contribution in [0.3, 0.4) is 0 Å². The average Bonchev–Trinajstić information content (AvgIpc) is 3.45. The summed E-state index contributed by atoms with van der Waals surface area (Å²) in [5.41, 5.74) is 1.03. The van der Waals surface area contributed by atoms with Crippen molar-refractivity contribution in [2.45, 2.75) is 23.8 Å². The van der Waals surface area contributed by atoms with Crippen LogP contribution in [0.4, 0.5) is 16.1 Å². The molecule has 0 unspecified atom stereocenters. The molecule has 1 aliphatic heterocycles. The second-order valence-electron chi connectivity index (χ2n) is 7.01. The first-order valence-electron chi connectivity index (χ1n) is 9.73. The fourth-order valence-corrected chi connectivity index (χ4v) is 4.33. The lowest BCUT2D eigenvalue weighted by Gasteiger charge is -2.14.